The van der Waals surface area contributed by atoms with Gasteiger partial charge in [0.2, 0.25) is 0 Å². The third-order valence-corrected chi connectivity index (χ3v) is 5.93. The van der Waals surface area contributed by atoms with E-state index in [4.69, 9.17) is 4.74 Å². The first-order valence-electron chi connectivity index (χ1n) is 10.6. The van der Waals surface area contributed by atoms with Crippen molar-refractivity contribution in [3.8, 4) is 5.75 Å². The molecule has 4 nitrogen and oxygen atoms in total. The van der Waals surface area contributed by atoms with Crippen molar-refractivity contribution in [1.82, 2.24) is 9.47 Å². The predicted molar refractivity (Wildman–Crippen MR) is 117 cm³/mol. The van der Waals surface area contributed by atoms with E-state index in [2.05, 4.69) is 13.5 Å². The molecule has 0 aliphatic carbocycles. The number of likely N-dealkylation sites (tertiary alicyclic amines) is 1. The average molecular weight is 424 g/mol. The van der Waals surface area contributed by atoms with Gasteiger partial charge >= 0.3 is 0 Å². The van der Waals surface area contributed by atoms with Gasteiger partial charge in [-0.3, -0.25) is 4.79 Å². The summed E-state index contributed by atoms with van der Waals surface area (Å²) in [5.41, 5.74) is 1.03. The number of carbonyl (C=O) groups excluding carboxylic acids is 1. The number of rotatable bonds is 6. The Bertz CT molecular complexity index is 1090. The van der Waals surface area contributed by atoms with E-state index in [9.17, 15) is 13.6 Å². The summed E-state index contributed by atoms with van der Waals surface area (Å²) in [4.78, 5) is 15.3. The first-order chi connectivity index (χ1) is 15.0. The van der Waals surface area contributed by atoms with Crippen LogP contribution in [0.2, 0.25) is 0 Å². The number of fused-ring (bicyclic) bond motifs is 1. The predicted octanol–water partition coefficient (Wildman–Crippen LogP) is 5.40. The molecule has 0 N–H and O–H groups in total. The normalized spacial score (nSPS) is 14.7. The van der Waals surface area contributed by atoms with Crippen molar-refractivity contribution in [3.63, 3.8) is 0 Å². The molecule has 2 aromatic carbocycles. The lowest BCUT2D eigenvalue weighted by Crippen LogP contribution is -2.38. The minimum atomic E-state index is -0.633. The highest BCUT2D eigenvalue weighted by molar-refractivity contribution is 6.00. The molecule has 1 saturated heterocycles. The molecule has 2 heterocycles. The molecule has 4 rings (SSSR count). The average Bonchev–Trinajstić information content (AvgIpc) is 3.14. The van der Waals surface area contributed by atoms with Crippen LogP contribution >= 0.6 is 0 Å². The van der Waals surface area contributed by atoms with Crippen LogP contribution < -0.4 is 4.74 Å². The monoisotopic (exact) mass is 424 g/mol. The lowest BCUT2D eigenvalue weighted by molar-refractivity contribution is 0.0687. The number of hydrogen-bond acceptors (Lipinski definition) is 2. The summed E-state index contributed by atoms with van der Waals surface area (Å²) in [5.74, 6) is -0.209. The second kappa shape index (κ2) is 8.92. The summed E-state index contributed by atoms with van der Waals surface area (Å²) < 4.78 is 36.3. The molecule has 0 unspecified atom stereocenters. The summed E-state index contributed by atoms with van der Waals surface area (Å²) in [6.07, 6.45) is 3.54. The van der Waals surface area contributed by atoms with Crippen LogP contribution in [-0.2, 0) is 6.54 Å². The fourth-order valence-electron chi connectivity index (χ4n) is 4.09. The Morgan fingerprint density at radius 1 is 1.16 bits per heavy atom. The van der Waals surface area contributed by atoms with Crippen LogP contribution in [0.1, 0.15) is 35.8 Å². The molecule has 1 fully saturated rings. The number of aromatic nitrogens is 1. The van der Waals surface area contributed by atoms with Crippen molar-refractivity contribution in [3.05, 3.63) is 78.0 Å². The summed E-state index contributed by atoms with van der Waals surface area (Å²) in [6.45, 7) is 7.44. The standard InChI is InChI=1S/C25H26F2N2O2/c1-3-14-31-24-9-5-8-22-18(24)15-23(25(30)28-12-10-17(2)11-13-28)29(22)16-19-20(26)6-4-7-21(19)27/h3-9,15,17H,1,10-14,16H2,2H3. The highest BCUT2D eigenvalue weighted by Crippen LogP contribution is 2.31. The zero-order valence-corrected chi connectivity index (χ0v) is 17.6. The largest absolute Gasteiger partial charge is 0.489 e. The zero-order chi connectivity index (χ0) is 22.0. The third kappa shape index (κ3) is 4.20. The molecule has 31 heavy (non-hydrogen) atoms. The maximum atomic E-state index is 14.4. The molecule has 1 aromatic heterocycles. The Kier molecular flexibility index (Phi) is 6.07. The minimum absolute atomic E-state index is 0.0706. The topological polar surface area (TPSA) is 34.5 Å². The summed E-state index contributed by atoms with van der Waals surface area (Å²) in [6, 6.07) is 11.0. The minimum Gasteiger partial charge on any atom is -0.489 e. The van der Waals surface area contributed by atoms with Crippen molar-refractivity contribution in [2.24, 2.45) is 5.92 Å². The Morgan fingerprint density at radius 3 is 2.52 bits per heavy atom. The third-order valence-electron chi connectivity index (χ3n) is 5.93. The number of ether oxygens (including phenoxy) is 1. The maximum Gasteiger partial charge on any atom is 0.270 e. The summed E-state index contributed by atoms with van der Waals surface area (Å²) in [5, 5.41) is 0.731. The molecular weight excluding hydrogens is 398 g/mol. The molecule has 0 atom stereocenters. The van der Waals surface area contributed by atoms with Crippen LogP contribution in [0.3, 0.4) is 0 Å². The fourth-order valence-corrected chi connectivity index (χ4v) is 4.09. The SMILES string of the molecule is C=CCOc1cccc2c1cc(C(=O)N1CCC(C)CC1)n2Cc1c(F)cccc1F. The first kappa shape index (κ1) is 21.1. The van der Waals surface area contributed by atoms with Gasteiger partial charge in [-0.15, -0.1) is 0 Å². The van der Waals surface area contributed by atoms with E-state index in [0.29, 0.717) is 42.6 Å². The van der Waals surface area contributed by atoms with Gasteiger partial charge in [-0.2, -0.15) is 0 Å². The zero-order valence-electron chi connectivity index (χ0n) is 17.6. The highest BCUT2D eigenvalue weighted by atomic mass is 19.1. The molecule has 1 aliphatic heterocycles. The van der Waals surface area contributed by atoms with Crippen molar-refractivity contribution in [2.75, 3.05) is 19.7 Å². The van der Waals surface area contributed by atoms with Gasteiger partial charge in [0.15, 0.2) is 0 Å². The van der Waals surface area contributed by atoms with Gasteiger partial charge in [0.25, 0.3) is 5.91 Å². The number of halogens is 2. The van der Waals surface area contributed by atoms with Crippen LogP contribution in [0.15, 0.2) is 55.1 Å². The molecule has 3 aromatic rings. The van der Waals surface area contributed by atoms with E-state index in [1.165, 1.54) is 18.2 Å². The number of piperidine rings is 1. The Morgan fingerprint density at radius 2 is 1.84 bits per heavy atom. The van der Waals surface area contributed by atoms with Crippen LogP contribution in [0.25, 0.3) is 10.9 Å². The number of benzene rings is 2. The Balaban J connectivity index is 1.82. The van der Waals surface area contributed by atoms with Crippen LogP contribution in [-0.4, -0.2) is 35.1 Å². The van der Waals surface area contributed by atoms with Gasteiger partial charge in [-0.25, -0.2) is 8.78 Å². The molecule has 0 radical (unpaired) electrons. The van der Waals surface area contributed by atoms with Gasteiger partial charge in [0.05, 0.1) is 12.1 Å². The molecule has 0 bridgehead atoms. The van der Waals surface area contributed by atoms with Gasteiger partial charge in [-0.05, 0) is 49.1 Å². The molecule has 0 saturated carbocycles. The smallest absolute Gasteiger partial charge is 0.270 e. The number of amides is 1. The Labute approximate surface area is 180 Å². The summed E-state index contributed by atoms with van der Waals surface area (Å²) in [7, 11) is 0. The van der Waals surface area contributed by atoms with E-state index >= 15 is 0 Å². The van der Waals surface area contributed by atoms with Crippen LogP contribution in [0.4, 0.5) is 8.78 Å². The molecule has 6 heteroatoms. The van der Waals surface area contributed by atoms with E-state index in [0.717, 1.165) is 18.2 Å². The van der Waals surface area contributed by atoms with Gasteiger partial charge < -0.3 is 14.2 Å². The van der Waals surface area contributed by atoms with Crippen molar-refractivity contribution in [2.45, 2.75) is 26.3 Å². The molecule has 162 valence electrons. The van der Waals surface area contributed by atoms with Crippen LogP contribution in [0, 0.1) is 17.6 Å². The molecule has 0 spiro atoms. The van der Waals surface area contributed by atoms with Crippen LogP contribution in [0.5, 0.6) is 5.75 Å². The Hall–Kier alpha value is -3.15. The second-order valence-electron chi connectivity index (χ2n) is 8.08. The fraction of sp³-hybridized carbons (Fsp3) is 0.320. The molecule has 1 amide bonds. The summed E-state index contributed by atoms with van der Waals surface area (Å²) >= 11 is 0. The number of hydrogen-bond donors (Lipinski definition) is 0. The maximum absolute atomic E-state index is 14.4. The first-order valence-corrected chi connectivity index (χ1v) is 10.6. The van der Waals surface area contributed by atoms with Crippen molar-refractivity contribution >= 4 is 16.8 Å². The van der Waals surface area contributed by atoms with E-state index in [-0.39, 0.29) is 18.0 Å². The molecular formula is C25H26F2N2O2. The van der Waals surface area contributed by atoms with E-state index in [1.54, 1.807) is 16.7 Å². The highest BCUT2D eigenvalue weighted by Gasteiger charge is 2.26. The van der Waals surface area contributed by atoms with Crippen molar-refractivity contribution in [1.29, 1.82) is 0 Å². The quantitative estimate of drug-likeness (QED) is 0.496. The number of carbonyl (C=O) groups is 1. The van der Waals surface area contributed by atoms with E-state index < -0.39 is 11.6 Å². The lowest BCUT2D eigenvalue weighted by atomic mass is 9.99. The van der Waals surface area contributed by atoms with Gasteiger partial charge in [0.1, 0.15) is 29.7 Å². The van der Waals surface area contributed by atoms with Gasteiger partial charge in [0, 0.05) is 24.0 Å². The number of nitrogens with zero attached hydrogens (tertiary/aromatic N) is 2. The van der Waals surface area contributed by atoms with E-state index in [1.807, 2.05) is 23.1 Å². The lowest BCUT2D eigenvalue weighted by Gasteiger charge is -2.30. The van der Waals surface area contributed by atoms with Crippen molar-refractivity contribution < 1.29 is 18.3 Å². The molecule has 1 aliphatic rings. The second-order valence-corrected chi connectivity index (χ2v) is 8.08. The van der Waals surface area contributed by atoms with Gasteiger partial charge in [-0.1, -0.05) is 31.7 Å².